The quantitative estimate of drug-likeness (QED) is 0.501. The number of hydrogen-bond donors (Lipinski definition) is 1. The summed E-state index contributed by atoms with van der Waals surface area (Å²) in [6.07, 6.45) is 0. The standard InChI is InChI=1S/C12H13FN2O5/c1-3-20-12(17)7(2)14-11(16)8-4-5-10(15(18)19)9(13)6-8/h4-7H,3H2,1-2H3,(H,14,16). The molecule has 1 amide bonds. The summed E-state index contributed by atoms with van der Waals surface area (Å²) in [7, 11) is 0. The SMILES string of the molecule is CCOC(=O)C(C)NC(=O)c1ccc([N+](=O)[O-])c(F)c1. The van der Waals surface area contributed by atoms with Crippen LogP contribution in [-0.2, 0) is 9.53 Å². The fourth-order valence-corrected chi connectivity index (χ4v) is 1.40. The Balaban J connectivity index is 2.81. The molecular weight excluding hydrogens is 271 g/mol. The molecule has 0 aliphatic carbocycles. The van der Waals surface area contributed by atoms with E-state index in [2.05, 4.69) is 5.32 Å². The highest BCUT2D eigenvalue weighted by molar-refractivity contribution is 5.96. The van der Waals surface area contributed by atoms with Gasteiger partial charge in [0.2, 0.25) is 5.82 Å². The van der Waals surface area contributed by atoms with Crippen LogP contribution in [0.5, 0.6) is 0 Å². The minimum absolute atomic E-state index is 0.121. The third-order valence-corrected chi connectivity index (χ3v) is 2.39. The van der Waals surface area contributed by atoms with Crippen LogP contribution in [-0.4, -0.2) is 29.4 Å². The summed E-state index contributed by atoms with van der Waals surface area (Å²) in [6.45, 7) is 3.21. The molecule has 1 aromatic rings. The first-order chi connectivity index (χ1) is 9.36. The van der Waals surface area contributed by atoms with Gasteiger partial charge in [0, 0.05) is 11.6 Å². The molecule has 1 N–H and O–H groups in total. The molecule has 0 spiro atoms. The van der Waals surface area contributed by atoms with Crippen molar-refractivity contribution in [1.29, 1.82) is 0 Å². The molecule has 0 fully saturated rings. The first-order valence-corrected chi connectivity index (χ1v) is 5.78. The van der Waals surface area contributed by atoms with Gasteiger partial charge in [0.1, 0.15) is 6.04 Å². The molecule has 1 rings (SSSR count). The maximum absolute atomic E-state index is 13.4. The zero-order valence-electron chi connectivity index (χ0n) is 10.9. The lowest BCUT2D eigenvalue weighted by Crippen LogP contribution is -2.39. The number of carbonyl (C=O) groups excluding carboxylic acids is 2. The van der Waals surface area contributed by atoms with Crippen LogP contribution in [0.25, 0.3) is 0 Å². The number of amides is 1. The molecule has 1 unspecified atom stereocenters. The van der Waals surface area contributed by atoms with E-state index >= 15 is 0 Å². The zero-order chi connectivity index (χ0) is 15.3. The van der Waals surface area contributed by atoms with E-state index in [1.165, 1.54) is 6.92 Å². The van der Waals surface area contributed by atoms with Gasteiger partial charge in [0.15, 0.2) is 0 Å². The molecule has 0 bridgehead atoms. The lowest BCUT2D eigenvalue weighted by atomic mass is 10.1. The van der Waals surface area contributed by atoms with Crippen LogP contribution < -0.4 is 5.32 Å². The zero-order valence-corrected chi connectivity index (χ0v) is 10.9. The largest absolute Gasteiger partial charge is 0.464 e. The maximum atomic E-state index is 13.4. The molecule has 0 saturated carbocycles. The summed E-state index contributed by atoms with van der Waals surface area (Å²) in [6, 6.07) is 1.83. The van der Waals surface area contributed by atoms with Crippen molar-refractivity contribution < 1.29 is 23.6 Å². The van der Waals surface area contributed by atoms with Gasteiger partial charge in [-0.2, -0.15) is 4.39 Å². The van der Waals surface area contributed by atoms with Crippen LogP contribution in [0.2, 0.25) is 0 Å². The number of nitrogens with zero attached hydrogens (tertiary/aromatic N) is 1. The van der Waals surface area contributed by atoms with E-state index in [9.17, 15) is 24.1 Å². The highest BCUT2D eigenvalue weighted by Crippen LogP contribution is 2.17. The normalized spacial score (nSPS) is 11.6. The summed E-state index contributed by atoms with van der Waals surface area (Å²) in [5.41, 5.74) is -0.843. The van der Waals surface area contributed by atoms with Crippen LogP contribution in [0.4, 0.5) is 10.1 Å². The molecule has 0 saturated heterocycles. The van der Waals surface area contributed by atoms with Crippen LogP contribution in [0.15, 0.2) is 18.2 Å². The summed E-state index contributed by atoms with van der Waals surface area (Å²) >= 11 is 0. The number of nitro groups is 1. The molecule has 0 aliphatic heterocycles. The van der Waals surface area contributed by atoms with E-state index in [1.54, 1.807) is 6.92 Å². The average molecular weight is 284 g/mol. The summed E-state index contributed by atoms with van der Waals surface area (Å²) in [4.78, 5) is 32.6. The third kappa shape index (κ3) is 3.74. The molecule has 0 aliphatic rings. The fraction of sp³-hybridized carbons (Fsp3) is 0.333. The topological polar surface area (TPSA) is 98.5 Å². The Morgan fingerprint density at radius 3 is 2.65 bits per heavy atom. The van der Waals surface area contributed by atoms with Gasteiger partial charge in [-0.05, 0) is 26.0 Å². The monoisotopic (exact) mass is 284 g/mol. The van der Waals surface area contributed by atoms with Crippen molar-refractivity contribution in [2.75, 3.05) is 6.61 Å². The van der Waals surface area contributed by atoms with E-state index in [0.717, 1.165) is 18.2 Å². The summed E-state index contributed by atoms with van der Waals surface area (Å²) in [5.74, 6) is -2.46. The number of esters is 1. The highest BCUT2D eigenvalue weighted by atomic mass is 19.1. The molecule has 1 atom stereocenters. The van der Waals surface area contributed by atoms with Crippen molar-refractivity contribution in [1.82, 2.24) is 5.32 Å². The Labute approximate surface area is 113 Å². The molecule has 0 radical (unpaired) electrons. The van der Waals surface area contributed by atoms with E-state index in [0.29, 0.717) is 0 Å². The van der Waals surface area contributed by atoms with Crippen molar-refractivity contribution >= 4 is 17.6 Å². The minimum Gasteiger partial charge on any atom is -0.464 e. The number of hydrogen-bond acceptors (Lipinski definition) is 5. The van der Waals surface area contributed by atoms with Crippen LogP contribution in [0.1, 0.15) is 24.2 Å². The van der Waals surface area contributed by atoms with Gasteiger partial charge in [-0.3, -0.25) is 14.9 Å². The summed E-state index contributed by atoms with van der Waals surface area (Å²) in [5, 5.41) is 12.8. The smallest absolute Gasteiger partial charge is 0.328 e. The van der Waals surface area contributed by atoms with Gasteiger partial charge in [-0.1, -0.05) is 0 Å². The number of rotatable bonds is 5. The van der Waals surface area contributed by atoms with Crippen molar-refractivity contribution in [3.05, 3.63) is 39.7 Å². The maximum Gasteiger partial charge on any atom is 0.328 e. The molecule has 8 heteroatoms. The number of benzene rings is 1. The van der Waals surface area contributed by atoms with Crippen molar-refractivity contribution in [3.63, 3.8) is 0 Å². The van der Waals surface area contributed by atoms with Crippen molar-refractivity contribution in [2.45, 2.75) is 19.9 Å². The number of halogens is 1. The summed E-state index contributed by atoms with van der Waals surface area (Å²) < 4.78 is 18.1. The second kappa shape index (κ2) is 6.60. The second-order valence-electron chi connectivity index (χ2n) is 3.87. The van der Waals surface area contributed by atoms with Gasteiger partial charge in [0.25, 0.3) is 5.91 Å². The van der Waals surface area contributed by atoms with Gasteiger partial charge in [-0.25, -0.2) is 4.79 Å². The molecular formula is C12H13FN2O5. The van der Waals surface area contributed by atoms with Gasteiger partial charge < -0.3 is 10.1 Å². The highest BCUT2D eigenvalue weighted by Gasteiger charge is 2.20. The third-order valence-electron chi connectivity index (χ3n) is 2.39. The van der Waals surface area contributed by atoms with E-state index in [1.807, 2.05) is 0 Å². The van der Waals surface area contributed by atoms with Crippen molar-refractivity contribution in [3.8, 4) is 0 Å². The minimum atomic E-state index is -1.12. The molecule has 0 heterocycles. The molecule has 20 heavy (non-hydrogen) atoms. The van der Waals surface area contributed by atoms with E-state index < -0.39 is 34.3 Å². The first kappa shape index (κ1) is 15.5. The average Bonchev–Trinajstić information content (AvgIpc) is 2.38. The Kier molecular flexibility index (Phi) is 5.13. The van der Waals surface area contributed by atoms with Crippen molar-refractivity contribution in [2.24, 2.45) is 0 Å². The number of ether oxygens (including phenoxy) is 1. The Morgan fingerprint density at radius 1 is 1.50 bits per heavy atom. The molecule has 0 aromatic heterocycles. The van der Waals surface area contributed by atoms with E-state index in [-0.39, 0.29) is 12.2 Å². The molecule has 1 aromatic carbocycles. The molecule has 108 valence electrons. The number of carbonyl (C=O) groups is 2. The number of nitro benzene ring substituents is 1. The number of nitrogens with one attached hydrogen (secondary N) is 1. The Bertz CT molecular complexity index is 547. The van der Waals surface area contributed by atoms with Gasteiger partial charge in [0.05, 0.1) is 11.5 Å². The Morgan fingerprint density at radius 2 is 2.15 bits per heavy atom. The first-order valence-electron chi connectivity index (χ1n) is 5.78. The van der Waals surface area contributed by atoms with Gasteiger partial charge in [-0.15, -0.1) is 0 Å². The predicted molar refractivity (Wildman–Crippen MR) is 66.6 cm³/mol. The van der Waals surface area contributed by atoms with Crippen LogP contribution in [0.3, 0.4) is 0 Å². The lowest BCUT2D eigenvalue weighted by Gasteiger charge is -2.12. The van der Waals surface area contributed by atoms with Crippen LogP contribution >= 0.6 is 0 Å². The Hall–Kier alpha value is -2.51. The lowest BCUT2D eigenvalue weighted by molar-refractivity contribution is -0.387. The second-order valence-corrected chi connectivity index (χ2v) is 3.87. The predicted octanol–water partition coefficient (Wildman–Crippen LogP) is 1.42. The fourth-order valence-electron chi connectivity index (χ4n) is 1.40. The van der Waals surface area contributed by atoms with E-state index in [4.69, 9.17) is 4.74 Å². The molecule has 7 nitrogen and oxygen atoms in total. The van der Waals surface area contributed by atoms with Crippen LogP contribution in [0, 0.1) is 15.9 Å². The van der Waals surface area contributed by atoms with Gasteiger partial charge >= 0.3 is 11.7 Å².